The van der Waals surface area contributed by atoms with Crippen LogP contribution in [-0.2, 0) is 44.2 Å². The van der Waals surface area contributed by atoms with Gasteiger partial charge in [0, 0.05) is 42.1 Å². The standard InChI is InChI=1S/C39H49N5O7/c1-3-27-28-21-26(50-38(48)43-19-14-25(15-20-43)42-17-9-6-10-18-42)12-13-32(28)41-35-29(27)23-44-33(35)22-31-30(36(44)46)24-49-37(47)39(31,4-2)51-34(45)11-7-5-8-16-40/h12-13,21-22,25H,3-11,14-20,23-24,40H2,1-2H3/t39-/m0/s1. The number of esters is 2. The zero-order chi connectivity index (χ0) is 35.7. The number of carbonyl (C=O) groups excluding carboxylic acids is 3. The van der Waals surface area contributed by atoms with Crippen molar-refractivity contribution in [1.82, 2.24) is 19.4 Å². The largest absolute Gasteiger partial charge is 0.457 e. The Balaban J connectivity index is 1.15. The number of piperidine rings is 2. The van der Waals surface area contributed by atoms with E-state index in [1.807, 2.05) is 12.1 Å². The summed E-state index contributed by atoms with van der Waals surface area (Å²) in [5, 5.41) is 0.862. The fourth-order valence-electron chi connectivity index (χ4n) is 8.46. The molecule has 1 atom stereocenters. The fourth-order valence-corrected chi connectivity index (χ4v) is 8.46. The number of unbranched alkanes of at least 4 members (excludes halogenated alkanes) is 2. The average molecular weight is 700 g/mol. The Morgan fingerprint density at radius 3 is 2.51 bits per heavy atom. The van der Waals surface area contributed by atoms with Crippen LogP contribution >= 0.6 is 0 Å². The summed E-state index contributed by atoms with van der Waals surface area (Å²) in [6.45, 7) is 8.13. The Morgan fingerprint density at radius 2 is 1.78 bits per heavy atom. The number of nitrogens with zero attached hydrogens (tertiary/aromatic N) is 4. The first kappa shape index (κ1) is 35.1. The van der Waals surface area contributed by atoms with Crippen molar-refractivity contribution in [2.75, 3.05) is 32.7 Å². The third-order valence-corrected chi connectivity index (χ3v) is 11.3. The predicted octanol–water partition coefficient (Wildman–Crippen LogP) is 5.16. The Bertz CT molecular complexity index is 1890. The van der Waals surface area contributed by atoms with E-state index in [9.17, 15) is 19.2 Å². The van der Waals surface area contributed by atoms with Crippen LogP contribution in [-0.4, -0.2) is 76.1 Å². The van der Waals surface area contributed by atoms with Gasteiger partial charge in [-0.2, -0.15) is 0 Å². The molecule has 4 aliphatic heterocycles. The molecule has 272 valence electrons. The van der Waals surface area contributed by atoms with Gasteiger partial charge in [0.2, 0.25) is 5.60 Å². The molecule has 0 spiro atoms. The van der Waals surface area contributed by atoms with Crippen molar-refractivity contribution in [3.05, 3.63) is 56.9 Å². The van der Waals surface area contributed by atoms with E-state index < -0.39 is 17.5 Å². The van der Waals surface area contributed by atoms with E-state index in [2.05, 4.69) is 11.8 Å². The molecule has 12 heteroatoms. The summed E-state index contributed by atoms with van der Waals surface area (Å²) in [6, 6.07) is 7.81. The molecule has 2 fully saturated rings. The SMILES string of the molecule is CCc1c2c(nc3ccc(OC(=O)N4CCC(N5CCCCC5)CC4)cc13)-c1cc3c(c(=O)n1C2)COC(=O)[C@@]3(CC)OC(=O)CCCCCN. The number of benzene rings is 1. The van der Waals surface area contributed by atoms with Crippen molar-refractivity contribution in [2.24, 2.45) is 5.73 Å². The summed E-state index contributed by atoms with van der Waals surface area (Å²) < 4.78 is 19.0. The van der Waals surface area contributed by atoms with Crippen molar-refractivity contribution in [1.29, 1.82) is 0 Å². The molecular weight excluding hydrogens is 650 g/mol. The van der Waals surface area contributed by atoms with Gasteiger partial charge in [0.15, 0.2) is 0 Å². The molecule has 4 aliphatic rings. The van der Waals surface area contributed by atoms with Crippen molar-refractivity contribution in [2.45, 2.75) is 109 Å². The quantitative estimate of drug-likeness (QED) is 0.174. The Labute approximate surface area is 298 Å². The van der Waals surface area contributed by atoms with E-state index >= 15 is 0 Å². The number of rotatable bonds is 10. The lowest BCUT2D eigenvalue weighted by Gasteiger charge is -2.39. The normalized spacial score (nSPS) is 20.5. The highest BCUT2D eigenvalue weighted by atomic mass is 16.6. The molecule has 0 unspecified atom stereocenters. The van der Waals surface area contributed by atoms with Gasteiger partial charge in [-0.15, -0.1) is 0 Å². The van der Waals surface area contributed by atoms with Crippen LogP contribution in [0.25, 0.3) is 22.3 Å². The Hall–Kier alpha value is -4.29. The number of fused-ring (bicyclic) bond motifs is 5. The summed E-state index contributed by atoms with van der Waals surface area (Å²) in [7, 11) is 0. The maximum Gasteiger partial charge on any atom is 0.415 e. The van der Waals surface area contributed by atoms with E-state index in [-0.39, 0.29) is 31.1 Å². The minimum atomic E-state index is -1.72. The summed E-state index contributed by atoms with van der Waals surface area (Å²) in [6.07, 6.45) is 8.50. The Morgan fingerprint density at radius 1 is 1.00 bits per heavy atom. The molecule has 6 heterocycles. The smallest absolute Gasteiger partial charge is 0.415 e. The third-order valence-electron chi connectivity index (χ3n) is 11.3. The van der Waals surface area contributed by atoms with Gasteiger partial charge in [-0.1, -0.05) is 26.7 Å². The summed E-state index contributed by atoms with van der Waals surface area (Å²) >= 11 is 0. The van der Waals surface area contributed by atoms with Gasteiger partial charge in [0.05, 0.1) is 29.0 Å². The molecular formula is C39H49N5O7. The highest BCUT2D eigenvalue weighted by Gasteiger charge is 2.50. The molecule has 0 aliphatic carbocycles. The van der Waals surface area contributed by atoms with Crippen molar-refractivity contribution in [3.63, 3.8) is 0 Å². The number of ether oxygens (including phenoxy) is 3. The van der Waals surface area contributed by atoms with Crippen molar-refractivity contribution in [3.8, 4) is 17.1 Å². The first-order valence-electron chi connectivity index (χ1n) is 18.8. The van der Waals surface area contributed by atoms with Gasteiger partial charge in [0.25, 0.3) is 5.56 Å². The van der Waals surface area contributed by atoms with Crippen LogP contribution in [0.15, 0.2) is 29.1 Å². The van der Waals surface area contributed by atoms with E-state index in [0.717, 1.165) is 55.3 Å². The number of aryl methyl sites for hydroxylation is 1. The van der Waals surface area contributed by atoms with Crippen LogP contribution in [0.3, 0.4) is 0 Å². The lowest BCUT2D eigenvalue weighted by molar-refractivity contribution is -0.189. The lowest BCUT2D eigenvalue weighted by atomic mass is 9.85. The molecule has 7 rings (SSSR count). The second-order valence-electron chi connectivity index (χ2n) is 14.3. The number of amides is 1. The van der Waals surface area contributed by atoms with Crippen LogP contribution in [0, 0.1) is 0 Å². The number of carbonyl (C=O) groups is 3. The van der Waals surface area contributed by atoms with E-state index in [1.54, 1.807) is 28.5 Å². The highest BCUT2D eigenvalue weighted by molar-refractivity contribution is 5.91. The number of aromatic nitrogens is 2. The van der Waals surface area contributed by atoms with Gasteiger partial charge in [-0.05, 0) is 101 Å². The minimum absolute atomic E-state index is 0.117. The minimum Gasteiger partial charge on any atom is -0.457 e. The van der Waals surface area contributed by atoms with Crippen molar-refractivity contribution < 1.29 is 28.6 Å². The number of nitrogens with two attached hydrogens (primary N) is 1. The average Bonchev–Trinajstić information content (AvgIpc) is 3.52. The molecule has 1 aromatic carbocycles. The Kier molecular flexibility index (Phi) is 10.2. The third kappa shape index (κ3) is 6.52. The van der Waals surface area contributed by atoms with Gasteiger partial charge in [0.1, 0.15) is 12.4 Å². The van der Waals surface area contributed by atoms with Gasteiger partial charge < -0.3 is 34.3 Å². The van der Waals surface area contributed by atoms with Crippen LogP contribution in [0.2, 0.25) is 0 Å². The number of hydrogen-bond donors (Lipinski definition) is 1. The molecule has 3 aromatic rings. The number of hydrogen-bond acceptors (Lipinski definition) is 10. The monoisotopic (exact) mass is 699 g/mol. The molecule has 0 saturated carbocycles. The second-order valence-corrected chi connectivity index (χ2v) is 14.3. The first-order chi connectivity index (χ1) is 24.8. The zero-order valence-electron chi connectivity index (χ0n) is 29.8. The van der Waals surface area contributed by atoms with Crippen molar-refractivity contribution >= 4 is 28.9 Å². The van der Waals surface area contributed by atoms with E-state index in [4.69, 9.17) is 24.9 Å². The van der Waals surface area contributed by atoms with E-state index in [0.29, 0.717) is 78.8 Å². The molecule has 0 radical (unpaired) electrons. The molecule has 0 bridgehead atoms. The molecule has 51 heavy (non-hydrogen) atoms. The second kappa shape index (κ2) is 14.7. The van der Waals surface area contributed by atoms with E-state index in [1.165, 1.54) is 19.3 Å². The van der Waals surface area contributed by atoms with Crippen LogP contribution in [0.5, 0.6) is 5.75 Å². The van der Waals surface area contributed by atoms with Gasteiger partial charge >= 0.3 is 18.0 Å². The number of likely N-dealkylation sites (tertiary alicyclic amines) is 2. The fraction of sp³-hybridized carbons (Fsp3) is 0.564. The van der Waals surface area contributed by atoms with Gasteiger partial charge in [-0.25, -0.2) is 14.6 Å². The molecule has 2 saturated heterocycles. The first-order valence-corrected chi connectivity index (χ1v) is 18.8. The summed E-state index contributed by atoms with van der Waals surface area (Å²) in [5.74, 6) is -0.737. The topological polar surface area (TPSA) is 146 Å². The van der Waals surface area contributed by atoms with Gasteiger partial charge in [-0.3, -0.25) is 9.59 Å². The van der Waals surface area contributed by atoms with Crippen LogP contribution < -0.4 is 16.0 Å². The predicted molar refractivity (Wildman–Crippen MR) is 191 cm³/mol. The molecule has 1 amide bonds. The number of pyridine rings is 2. The molecule has 12 nitrogen and oxygen atoms in total. The lowest BCUT2D eigenvalue weighted by Crippen LogP contribution is -2.48. The van der Waals surface area contributed by atoms with Crippen LogP contribution in [0.4, 0.5) is 4.79 Å². The maximum atomic E-state index is 14.1. The summed E-state index contributed by atoms with van der Waals surface area (Å²) in [4.78, 5) is 63.1. The summed E-state index contributed by atoms with van der Waals surface area (Å²) in [5.41, 5.74) is 8.08. The molecule has 2 N–H and O–H groups in total. The molecule has 2 aromatic heterocycles. The zero-order valence-corrected chi connectivity index (χ0v) is 29.8. The van der Waals surface area contributed by atoms with Crippen LogP contribution in [0.1, 0.15) is 100 Å². The maximum absolute atomic E-state index is 14.1. The highest BCUT2D eigenvalue weighted by Crippen LogP contribution is 2.42. The number of cyclic esters (lactones) is 1.